The monoisotopic (exact) mass is 319 g/mol. The molecule has 4 nitrogen and oxygen atoms in total. The van der Waals surface area contributed by atoms with E-state index in [1.165, 1.54) is 5.56 Å². The molecule has 0 atom stereocenters. The van der Waals surface area contributed by atoms with E-state index in [1.54, 1.807) is 7.11 Å². The summed E-state index contributed by atoms with van der Waals surface area (Å²) in [7, 11) is 1.60. The number of aryl methyl sites for hydroxylation is 2. The minimum atomic E-state index is 0.580. The van der Waals surface area contributed by atoms with Gasteiger partial charge >= 0.3 is 0 Å². The summed E-state index contributed by atoms with van der Waals surface area (Å²) >= 11 is 11.3. The molecule has 0 bridgehead atoms. The molecule has 3 aromatic rings. The molecule has 0 aliphatic heterocycles. The van der Waals surface area contributed by atoms with E-state index < -0.39 is 0 Å². The van der Waals surface area contributed by atoms with Crippen LogP contribution in [-0.2, 0) is 13.0 Å². The number of hydrogen-bond donors (Lipinski definition) is 1. The van der Waals surface area contributed by atoms with E-state index >= 15 is 0 Å². The smallest absolute Gasteiger partial charge is 0.215 e. The zero-order chi connectivity index (χ0) is 14.8. The van der Waals surface area contributed by atoms with Crippen molar-refractivity contribution in [2.24, 2.45) is 0 Å². The van der Waals surface area contributed by atoms with E-state index in [4.69, 9.17) is 28.6 Å². The van der Waals surface area contributed by atoms with Crippen molar-refractivity contribution in [1.82, 2.24) is 14.5 Å². The van der Waals surface area contributed by atoms with Gasteiger partial charge in [0, 0.05) is 17.6 Å². The average molecular weight is 320 g/mol. The maximum absolute atomic E-state index is 5.90. The number of imidazole rings is 1. The van der Waals surface area contributed by atoms with Gasteiger partial charge in [-0.1, -0.05) is 23.7 Å². The minimum absolute atomic E-state index is 0.580. The fraction of sp³-hybridized carbons (Fsp3) is 0.200. The van der Waals surface area contributed by atoms with Gasteiger partial charge in [0.2, 0.25) is 5.88 Å². The molecule has 0 fully saturated rings. The Bertz CT molecular complexity index is 823. The number of nitrogens with zero attached hydrogens (tertiary/aromatic N) is 2. The van der Waals surface area contributed by atoms with Crippen LogP contribution in [-0.4, -0.2) is 21.6 Å². The highest BCUT2D eigenvalue weighted by atomic mass is 35.5. The van der Waals surface area contributed by atoms with E-state index in [2.05, 4.69) is 9.97 Å². The summed E-state index contributed by atoms with van der Waals surface area (Å²) in [5, 5.41) is 0.744. The number of aromatic amines is 1. The predicted molar refractivity (Wildman–Crippen MR) is 86.6 cm³/mol. The Labute approximate surface area is 132 Å². The zero-order valence-electron chi connectivity index (χ0n) is 11.5. The van der Waals surface area contributed by atoms with E-state index in [0.717, 1.165) is 29.2 Å². The van der Waals surface area contributed by atoms with Gasteiger partial charge < -0.3 is 14.3 Å². The number of benzene rings is 1. The summed E-state index contributed by atoms with van der Waals surface area (Å²) in [4.78, 5) is 7.62. The van der Waals surface area contributed by atoms with Gasteiger partial charge in [-0.25, -0.2) is 0 Å². The number of halogens is 1. The van der Waals surface area contributed by atoms with Crippen molar-refractivity contribution in [3.8, 4) is 5.88 Å². The van der Waals surface area contributed by atoms with Crippen molar-refractivity contribution in [2.75, 3.05) is 7.11 Å². The Morgan fingerprint density at radius 3 is 2.71 bits per heavy atom. The standard InChI is InChI=1S/C15H14ClN3OS/c1-20-13-7-6-12-14(18-13)19(15(21)17-12)9-8-10-2-4-11(16)5-3-10/h2-7H,8-9H2,1H3,(H,17,21). The molecule has 0 aliphatic rings. The van der Waals surface area contributed by atoms with Gasteiger partial charge in [0.15, 0.2) is 10.4 Å². The van der Waals surface area contributed by atoms with E-state index in [-0.39, 0.29) is 0 Å². The lowest BCUT2D eigenvalue weighted by atomic mass is 10.1. The lowest BCUT2D eigenvalue weighted by molar-refractivity contribution is 0.399. The Hall–Kier alpha value is -1.85. The Morgan fingerprint density at radius 2 is 2.00 bits per heavy atom. The van der Waals surface area contributed by atoms with Crippen LogP contribution in [0.2, 0.25) is 5.02 Å². The van der Waals surface area contributed by atoms with Gasteiger partial charge in [0.05, 0.1) is 12.6 Å². The minimum Gasteiger partial charge on any atom is -0.481 e. The molecule has 1 aromatic carbocycles. The van der Waals surface area contributed by atoms with Crippen molar-refractivity contribution in [1.29, 1.82) is 0 Å². The first-order valence-corrected chi connectivity index (χ1v) is 7.34. The number of ether oxygens (including phenoxy) is 1. The fourth-order valence-corrected chi connectivity index (χ4v) is 2.64. The molecule has 0 unspecified atom stereocenters. The predicted octanol–water partition coefficient (Wildman–Crippen LogP) is 4.00. The molecule has 6 heteroatoms. The first-order valence-electron chi connectivity index (χ1n) is 6.55. The van der Waals surface area contributed by atoms with Gasteiger partial charge in [-0.15, -0.1) is 0 Å². The van der Waals surface area contributed by atoms with Crippen LogP contribution < -0.4 is 4.74 Å². The second-order valence-corrected chi connectivity index (χ2v) is 5.51. The molecule has 0 amide bonds. The third-order valence-electron chi connectivity index (χ3n) is 3.34. The molecule has 0 saturated carbocycles. The fourth-order valence-electron chi connectivity index (χ4n) is 2.23. The number of H-pyrrole nitrogens is 1. The Balaban J connectivity index is 1.90. The molecule has 108 valence electrons. The maximum atomic E-state index is 5.90. The summed E-state index contributed by atoms with van der Waals surface area (Å²) < 4.78 is 7.83. The number of aromatic nitrogens is 3. The molecular formula is C15H14ClN3OS. The lowest BCUT2D eigenvalue weighted by Crippen LogP contribution is -2.03. The van der Waals surface area contributed by atoms with Crippen LogP contribution in [0.4, 0.5) is 0 Å². The third-order valence-corrected chi connectivity index (χ3v) is 3.91. The molecule has 1 N–H and O–H groups in total. The number of fused-ring (bicyclic) bond motifs is 1. The molecule has 2 heterocycles. The summed E-state index contributed by atoms with van der Waals surface area (Å²) in [5.41, 5.74) is 2.93. The number of rotatable bonds is 4. The molecule has 2 aromatic heterocycles. The summed E-state index contributed by atoms with van der Waals surface area (Å²) in [5.74, 6) is 0.580. The van der Waals surface area contributed by atoms with Crippen molar-refractivity contribution < 1.29 is 4.74 Å². The molecule has 0 radical (unpaired) electrons. The van der Waals surface area contributed by atoms with Gasteiger partial charge in [0.25, 0.3) is 0 Å². The van der Waals surface area contributed by atoms with Gasteiger partial charge in [-0.05, 0) is 42.4 Å². The van der Waals surface area contributed by atoms with Crippen LogP contribution in [0.25, 0.3) is 11.2 Å². The SMILES string of the molecule is COc1ccc2[nH]c(=S)n(CCc3ccc(Cl)cc3)c2n1. The van der Waals surface area contributed by atoms with E-state index in [1.807, 2.05) is 41.0 Å². The van der Waals surface area contributed by atoms with Crippen molar-refractivity contribution in [2.45, 2.75) is 13.0 Å². The molecular weight excluding hydrogens is 306 g/mol. The van der Waals surface area contributed by atoms with Crippen LogP contribution >= 0.6 is 23.8 Å². The highest BCUT2D eigenvalue weighted by Gasteiger charge is 2.07. The maximum Gasteiger partial charge on any atom is 0.215 e. The van der Waals surface area contributed by atoms with Crippen LogP contribution in [0.15, 0.2) is 36.4 Å². The number of pyridine rings is 1. The Morgan fingerprint density at radius 1 is 1.24 bits per heavy atom. The molecule has 0 saturated heterocycles. The van der Waals surface area contributed by atoms with Crippen molar-refractivity contribution in [3.63, 3.8) is 0 Å². The molecule has 3 rings (SSSR count). The average Bonchev–Trinajstić information content (AvgIpc) is 2.81. The van der Waals surface area contributed by atoms with Crippen molar-refractivity contribution >= 4 is 35.0 Å². The summed E-state index contributed by atoms with van der Waals surface area (Å²) in [6.45, 7) is 0.751. The van der Waals surface area contributed by atoms with Crippen LogP contribution in [0.5, 0.6) is 5.88 Å². The second kappa shape index (κ2) is 5.87. The quantitative estimate of drug-likeness (QED) is 0.739. The Kier molecular flexibility index (Phi) is 3.94. The lowest BCUT2D eigenvalue weighted by Gasteiger charge is -2.05. The van der Waals surface area contributed by atoms with E-state index in [0.29, 0.717) is 10.7 Å². The second-order valence-electron chi connectivity index (χ2n) is 4.68. The summed E-state index contributed by atoms with van der Waals surface area (Å²) in [6, 6.07) is 11.6. The number of nitrogens with one attached hydrogen (secondary N) is 1. The highest BCUT2D eigenvalue weighted by molar-refractivity contribution is 7.71. The summed E-state index contributed by atoms with van der Waals surface area (Å²) in [6.07, 6.45) is 0.858. The first kappa shape index (κ1) is 14.1. The molecule has 0 spiro atoms. The van der Waals surface area contributed by atoms with Gasteiger partial charge in [0.1, 0.15) is 0 Å². The zero-order valence-corrected chi connectivity index (χ0v) is 13.0. The largest absolute Gasteiger partial charge is 0.481 e. The molecule has 0 aliphatic carbocycles. The topological polar surface area (TPSA) is 42.8 Å². The number of methoxy groups -OCH3 is 1. The highest BCUT2D eigenvalue weighted by Crippen LogP contribution is 2.17. The van der Waals surface area contributed by atoms with Crippen LogP contribution in [0.3, 0.4) is 0 Å². The first-order chi connectivity index (χ1) is 10.2. The third kappa shape index (κ3) is 2.94. The van der Waals surface area contributed by atoms with Crippen LogP contribution in [0.1, 0.15) is 5.56 Å². The van der Waals surface area contributed by atoms with Crippen molar-refractivity contribution in [3.05, 3.63) is 51.8 Å². The van der Waals surface area contributed by atoms with Crippen LogP contribution in [0, 0.1) is 4.77 Å². The number of hydrogen-bond acceptors (Lipinski definition) is 3. The molecule has 21 heavy (non-hydrogen) atoms. The normalized spacial score (nSPS) is 11.0. The van der Waals surface area contributed by atoms with Gasteiger partial charge in [-0.2, -0.15) is 4.98 Å². The van der Waals surface area contributed by atoms with E-state index in [9.17, 15) is 0 Å². The van der Waals surface area contributed by atoms with Gasteiger partial charge in [-0.3, -0.25) is 0 Å².